The number of carbonyl (C=O) groups excluding carboxylic acids is 1. The molecule has 0 amide bonds. The summed E-state index contributed by atoms with van der Waals surface area (Å²) in [5.41, 5.74) is 1.30. The smallest absolute Gasteiger partial charge is 0.157 e. The molecular formula is C10H17NO. The van der Waals surface area contributed by atoms with Gasteiger partial charge in [-0.15, -0.1) is 0 Å². The second-order valence-electron chi connectivity index (χ2n) is 4.33. The third kappa shape index (κ3) is 1.87. The molecule has 0 aromatic rings. The molecule has 0 saturated carbocycles. The van der Waals surface area contributed by atoms with Crippen LogP contribution in [0.25, 0.3) is 0 Å². The molecule has 0 radical (unpaired) electrons. The Bertz CT molecular complexity index is 222. The molecule has 0 aliphatic heterocycles. The van der Waals surface area contributed by atoms with Gasteiger partial charge >= 0.3 is 0 Å². The van der Waals surface area contributed by atoms with Crippen LogP contribution in [0.4, 0.5) is 0 Å². The van der Waals surface area contributed by atoms with Crippen molar-refractivity contribution in [3.63, 3.8) is 0 Å². The summed E-state index contributed by atoms with van der Waals surface area (Å²) in [5.74, 6) is 0.265. The van der Waals surface area contributed by atoms with Crippen molar-refractivity contribution in [3.8, 4) is 0 Å². The molecule has 0 heterocycles. The van der Waals surface area contributed by atoms with Crippen molar-refractivity contribution in [2.75, 3.05) is 7.05 Å². The molecule has 1 aliphatic rings. The number of carbonyl (C=O) groups is 1. The molecular weight excluding hydrogens is 150 g/mol. The topological polar surface area (TPSA) is 20.3 Å². The van der Waals surface area contributed by atoms with Crippen molar-refractivity contribution in [1.29, 1.82) is 0 Å². The number of allylic oxidation sites excluding steroid dienone is 2. The van der Waals surface area contributed by atoms with Crippen LogP contribution in [0, 0.1) is 0 Å². The van der Waals surface area contributed by atoms with Gasteiger partial charge in [-0.2, -0.15) is 0 Å². The van der Waals surface area contributed by atoms with Gasteiger partial charge < -0.3 is 4.90 Å². The first-order valence-corrected chi connectivity index (χ1v) is 4.38. The van der Waals surface area contributed by atoms with E-state index >= 15 is 0 Å². The first-order valence-electron chi connectivity index (χ1n) is 4.38. The van der Waals surface area contributed by atoms with Crippen LogP contribution in [0.5, 0.6) is 0 Å². The second-order valence-corrected chi connectivity index (χ2v) is 4.33. The van der Waals surface area contributed by atoms with E-state index in [1.807, 2.05) is 7.05 Å². The monoisotopic (exact) mass is 167 g/mol. The van der Waals surface area contributed by atoms with E-state index in [4.69, 9.17) is 0 Å². The Kier molecular flexibility index (Phi) is 2.27. The highest BCUT2D eigenvalue weighted by atomic mass is 16.1. The van der Waals surface area contributed by atoms with Gasteiger partial charge in [0.2, 0.25) is 0 Å². The van der Waals surface area contributed by atoms with Crippen molar-refractivity contribution >= 4 is 5.78 Å². The van der Waals surface area contributed by atoms with Crippen LogP contribution in [-0.2, 0) is 4.79 Å². The number of hydrogen-bond donors (Lipinski definition) is 0. The van der Waals surface area contributed by atoms with Crippen molar-refractivity contribution in [1.82, 2.24) is 4.90 Å². The maximum atomic E-state index is 11.0. The molecule has 0 bridgehead atoms. The van der Waals surface area contributed by atoms with E-state index in [1.54, 1.807) is 6.08 Å². The van der Waals surface area contributed by atoms with Crippen molar-refractivity contribution < 1.29 is 4.79 Å². The minimum absolute atomic E-state index is 0.121. The molecule has 0 aromatic carbocycles. The fraction of sp³-hybridized carbons (Fsp3) is 0.700. The third-order valence-corrected chi connectivity index (χ3v) is 2.39. The molecule has 12 heavy (non-hydrogen) atoms. The average molecular weight is 167 g/mol. The van der Waals surface area contributed by atoms with E-state index in [2.05, 4.69) is 25.7 Å². The molecule has 1 rings (SSSR count). The highest BCUT2D eigenvalue weighted by molar-refractivity contribution is 5.92. The van der Waals surface area contributed by atoms with Gasteiger partial charge in [-0.25, -0.2) is 0 Å². The lowest BCUT2D eigenvalue weighted by molar-refractivity contribution is -0.114. The van der Waals surface area contributed by atoms with E-state index in [-0.39, 0.29) is 11.3 Å². The summed E-state index contributed by atoms with van der Waals surface area (Å²) in [6, 6.07) is 0. The number of rotatable bonds is 1. The van der Waals surface area contributed by atoms with Crippen LogP contribution < -0.4 is 0 Å². The van der Waals surface area contributed by atoms with Crippen LogP contribution in [-0.4, -0.2) is 23.3 Å². The molecule has 0 fully saturated rings. The maximum absolute atomic E-state index is 11.0. The molecule has 0 saturated heterocycles. The zero-order valence-corrected chi connectivity index (χ0v) is 8.35. The van der Waals surface area contributed by atoms with Gasteiger partial charge in [0.05, 0.1) is 0 Å². The van der Waals surface area contributed by atoms with Crippen LogP contribution >= 0.6 is 0 Å². The van der Waals surface area contributed by atoms with Crippen LogP contribution in [0.1, 0.15) is 33.6 Å². The summed E-state index contributed by atoms with van der Waals surface area (Å²) in [7, 11) is 2.05. The average Bonchev–Trinajstić information content (AvgIpc) is 2.32. The normalized spacial score (nSPS) is 18.0. The van der Waals surface area contributed by atoms with Crippen LogP contribution in [0.2, 0.25) is 0 Å². The quantitative estimate of drug-likeness (QED) is 0.595. The summed E-state index contributed by atoms with van der Waals surface area (Å²) >= 11 is 0. The first kappa shape index (κ1) is 9.30. The molecule has 0 atom stereocenters. The zero-order chi connectivity index (χ0) is 9.35. The number of nitrogens with zero attached hydrogens (tertiary/aromatic N) is 1. The molecule has 68 valence electrons. The molecule has 0 unspecified atom stereocenters. The fourth-order valence-electron chi connectivity index (χ4n) is 1.28. The molecule has 2 nitrogen and oxygen atoms in total. The largest absolute Gasteiger partial charge is 0.373 e. The van der Waals surface area contributed by atoms with Gasteiger partial charge in [0.1, 0.15) is 0 Å². The predicted molar refractivity (Wildman–Crippen MR) is 49.8 cm³/mol. The van der Waals surface area contributed by atoms with Crippen LogP contribution in [0.3, 0.4) is 0 Å². The lowest BCUT2D eigenvalue weighted by Gasteiger charge is -2.34. The van der Waals surface area contributed by atoms with Crippen molar-refractivity contribution in [2.24, 2.45) is 0 Å². The highest BCUT2D eigenvalue weighted by Gasteiger charge is 2.23. The highest BCUT2D eigenvalue weighted by Crippen LogP contribution is 2.24. The van der Waals surface area contributed by atoms with E-state index < -0.39 is 0 Å². The van der Waals surface area contributed by atoms with Gasteiger partial charge in [-0.3, -0.25) is 4.79 Å². The van der Waals surface area contributed by atoms with Crippen LogP contribution in [0.15, 0.2) is 11.8 Å². The fourth-order valence-corrected chi connectivity index (χ4v) is 1.28. The van der Waals surface area contributed by atoms with Crippen molar-refractivity contribution in [3.05, 3.63) is 11.8 Å². The maximum Gasteiger partial charge on any atom is 0.157 e. The molecule has 1 aliphatic carbocycles. The Morgan fingerprint density at radius 3 is 2.25 bits per heavy atom. The second kappa shape index (κ2) is 2.92. The minimum atomic E-state index is 0.121. The Balaban J connectivity index is 2.72. The van der Waals surface area contributed by atoms with E-state index in [9.17, 15) is 4.79 Å². The lowest BCUT2D eigenvalue weighted by atomic mass is 10.1. The molecule has 0 N–H and O–H groups in total. The predicted octanol–water partition coefficient (Wildman–Crippen LogP) is 1.96. The lowest BCUT2D eigenvalue weighted by Crippen LogP contribution is -2.36. The number of ketones is 1. The minimum Gasteiger partial charge on any atom is -0.373 e. The van der Waals surface area contributed by atoms with E-state index in [1.165, 1.54) is 5.70 Å². The summed E-state index contributed by atoms with van der Waals surface area (Å²) in [6.07, 6.45) is 3.37. The summed E-state index contributed by atoms with van der Waals surface area (Å²) in [4.78, 5) is 13.2. The first-order chi connectivity index (χ1) is 5.41. The molecule has 0 aromatic heterocycles. The van der Waals surface area contributed by atoms with E-state index in [0.717, 1.165) is 6.42 Å². The Labute approximate surface area is 74.2 Å². The molecule has 2 heteroatoms. The van der Waals surface area contributed by atoms with Gasteiger partial charge in [-0.1, -0.05) is 0 Å². The van der Waals surface area contributed by atoms with Gasteiger partial charge in [0, 0.05) is 30.8 Å². The van der Waals surface area contributed by atoms with Gasteiger partial charge in [0.25, 0.3) is 0 Å². The Morgan fingerprint density at radius 2 is 1.92 bits per heavy atom. The standard InChI is InChI=1S/C10H17NO/c1-10(2,3)11(4)8-5-6-9(12)7-8/h7H,5-6H2,1-4H3. The summed E-state index contributed by atoms with van der Waals surface area (Å²) in [6.45, 7) is 6.45. The Morgan fingerprint density at radius 1 is 1.33 bits per heavy atom. The summed E-state index contributed by atoms with van der Waals surface area (Å²) < 4.78 is 0. The van der Waals surface area contributed by atoms with Gasteiger partial charge in [-0.05, 0) is 27.2 Å². The zero-order valence-electron chi connectivity index (χ0n) is 8.35. The SMILES string of the molecule is CN(C1=CC(=O)CC1)C(C)(C)C. The Hall–Kier alpha value is -0.790. The third-order valence-electron chi connectivity index (χ3n) is 2.39. The van der Waals surface area contributed by atoms with Gasteiger partial charge in [0.15, 0.2) is 5.78 Å². The summed E-state index contributed by atoms with van der Waals surface area (Å²) in [5, 5.41) is 0. The number of hydrogen-bond acceptors (Lipinski definition) is 2. The molecule has 0 spiro atoms. The van der Waals surface area contributed by atoms with E-state index in [0.29, 0.717) is 6.42 Å². The van der Waals surface area contributed by atoms with Crippen molar-refractivity contribution in [2.45, 2.75) is 39.2 Å².